The lowest BCUT2D eigenvalue weighted by Crippen LogP contribution is -2.35. The van der Waals surface area contributed by atoms with Crippen LogP contribution in [0.3, 0.4) is 0 Å². The topological polar surface area (TPSA) is 69.9 Å². The van der Waals surface area contributed by atoms with Crippen molar-refractivity contribution >= 4 is 11.8 Å². The maximum Gasteiger partial charge on any atom is 0.222 e. The molecule has 0 aromatic rings. The molecule has 2 amide bonds. The molecule has 0 heterocycles. The van der Waals surface area contributed by atoms with Gasteiger partial charge in [-0.05, 0) is 67.0 Å². The zero-order valence-corrected chi connectivity index (χ0v) is 14.8. The van der Waals surface area contributed by atoms with Crippen molar-refractivity contribution in [2.45, 2.75) is 38.5 Å². The second-order valence-corrected chi connectivity index (χ2v) is 6.37. The van der Waals surface area contributed by atoms with Crippen LogP contribution in [0, 0.1) is 0 Å². The Labute approximate surface area is 135 Å². The lowest BCUT2D eigenvalue weighted by atomic mass is 10.1. The zero-order chi connectivity index (χ0) is 17.0. The highest BCUT2D eigenvalue weighted by Gasteiger charge is 2.13. The molecule has 0 rings (SSSR count). The molecule has 0 fully saturated rings. The van der Waals surface area contributed by atoms with Crippen LogP contribution in [0.5, 0.6) is 0 Å². The summed E-state index contributed by atoms with van der Waals surface area (Å²) in [4.78, 5) is 29.3. The van der Waals surface area contributed by atoms with Crippen LogP contribution in [-0.4, -0.2) is 80.9 Å². The maximum absolute atomic E-state index is 12.3. The Hall–Kier alpha value is -1.14. The first-order chi connectivity index (χ1) is 10.3. The number of hydrogen-bond acceptors (Lipinski definition) is 4. The Morgan fingerprint density at radius 3 is 1.59 bits per heavy atom. The van der Waals surface area contributed by atoms with Crippen molar-refractivity contribution < 1.29 is 9.59 Å². The van der Waals surface area contributed by atoms with Gasteiger partial charge in [0.15, 0.2) is 0 Å². The Balaban J connectivity index is 4.16. The van der Waals surface area contributed by atoms with Crippen molar-refractivity contribution in [3.8, 4) is 0 Å². The average Bonchev–Trinajstić information content (AvgIpc) is 2.40. The van der Waals surface area contributed by atoms with Gasteiger partial charge in [-0.2, -0.15) is 0 Å². The van der Waals surface area contributed by atoms with Gasteiger partial charge in [0.25, 0.3) is 0 Å². The Kier molecular flexibility index (Phi) is 11.8. The lowest BCUT2D eigenvalue weighted by molar-refractivity contribution is -0.131. The number of carbonyl (C=O) groups excluding carboxylic acids is 2. The summed E-state index contributed by atoms with van der Waals surface area (Å²) in [5.74, 6) is -0.0942. The van der Waals surface area contributed by atoms with E-state index >= 15 is 0 Å². The van der Waals surface area contributed by atoms with Crippen LogP contribution in [-0.2, 0) is 9.59 Å². The van der Waals surface area contributed by atoms with Gasteiger partial charge in [-0.3, -0.25) is 9.59 Å². The molecule has 0 atom stereocenters. The van der Waals surface area contributed by atoms with E-state index < -0.39 is 0 Å². The Bertz CT molecular complexity index is 305. The standard InChI is InChI=1S/C16H34N4O2/c1-18(2)11-7-13-20(14-8-12-19(3)4)16(22)10-6-5-9-15(17)21/h5-14H2,1-4H3,(H2,17,21). The van der Waals surface area contributed by atoms with Crippen LogP contribution in [0.25, 0.3) is 0 Å². The summed E-state index contributed by atoms with van der Waals surface area (Å²) in [7, 11) is 8.17. The van der Waals surface area contributed by atoms with Gasteiger partial charge in [-0.1, -0.05) is 0 Å². The molecule has 0 saturated carbocycles. The number of amides is 2. The van der Waals surface area contributed by atoms with Gasteiger partial charge >= 0.3 is 0 Å². The fourth-order valence-electron chi connectivity index (χ4n) is 2.25. The van der Waals surface area contributed by atoms with Crippen molar-refractivity contribution in [1.82, 2.24) is 14.7 Å². The van der Waals surface area contributed by atoms with Crippen LogP contribution in [0.4, 0.5) is 0 Å². The highest BCUT2D eigenvalue weighted by molar-refractivity contribution is 5.76. The normalized spacial score (nSPS) is 11.2. The van der Waals surface area contributed by atoms with Gasteiger partial charge in [0.2, 0.25) is 11.8 Å². The van der Waals surface area contributed by atoms with Crippen LogP contribution in [0.2, 0.25) is 0 Å². The average molecular weight is 314 g/mol. The minimum atomic E-state index is -0.290. The van der Waals surface area contributed by atoms with E-state index in [1.165, 1.54) is 0 Å². The van der Waals surface area contributed by atoms with E-state index in [1.54, 1.807) is 0 Å². The predicted octanol–water partition coefficient (Wildman–Crippen LogP) is 0.764. The predicted molar refractivity (Wildman–Crippen MR) is 90.6 cm³/mol. The molecule has 130 valence electrons. The molecule has 0 aliphatic carbocycles. The van der Waals surface area contributed by atoms with E-state index in [2.05, 4.69) is 9.80 Å². The third-order valence-corrected chi connectivity index (χ3v) is 3.48. The van der Waals surface area contributed by atoms with E-state index in [4.69, 9.17) is 5.73 Å². The molecule has 0 bridgehead atoms. The molecule has 0 saturated heterocycles. The molecular formula is C16H34N4O2. The summed E-state index contributed by atoms with van der Waals surface area (Å²) < 4.78 is 0. The molecule has 22 heavy (non-hydrogen) atoms. The van der Waals surface area contributed by atoms with Gasteiger partial charge < -0.3 is 20.4 Å². The zero-order valence-electron chi connectivity index (χ0n) is 14.8. The summed E-state index contributed by atoms with van der Waals surface area (Å²) >= 11 is 0. The molecule has 2 N–H and O–H groups in total. The van der Waals surface area contributed by atoms with E-state index in [1.807, 2.05) is 33.1 Å². The summed E-state index contributed by atoms with van der Waals surface area (Å²) in [5, 5.41) is 0. The van der Waals surface area contributed by atoms with E-state index in [-0.39, 0.29) is 11.8 Å². The third-order valence-electron chi connectivity index (χ3n) is 3.48. The second-order valence-electron chi connectivity index (χ2n) is 6.37. The number of nitrogens with two attached hydrogens (primary N) is 1. The molecule has 0 unspecified atom stereocenters. The van der Waals surface area contributed by atoms with Crippen LogP contribution >= 0.6 is 0 Å². The van der Waals surface area contributed by atoms with Gasteiger partial charge in [0, 0.05) is 25.9 Å². The fraction of sp³-hybridized carbons (Fsp3) is 0.875. The number of hydrogen-bond donors (Lipinski definition) is 1. The Morgan fingerprint density at radius 1 is 0.727 bits per heavy atom. The van der Waals surface area contributed by atoms with Gasteiger partial charge in [0.05, 0.1) is 0 Å². The highest BCUT2D eigenvalue weighted by Crippen LogP contribution is 2.05. The number of unbranched alkanes of at least 4 members (excludes halogenated alkanes) is 1. The number of primary amides is 1. The molecule has 6 heteroatoms. The van der Waals surface area contributed by atoms with Crippen molar-refractivity contribution in [2.75, 3.05) is 54.4 Å². The van der Waals surface area contributed by atoms with Gasteiger partial charge in [-0.15, -0.1) is 0 Å². The number of nitrogens with zero attached hydrogens (tertiary/aromatic N) is 3. The van der Waals surface area contributed by atoms with E-state index in [0.717, 1.165) is 45.4 Å². The molecule has 0 radical (unpaired) electrons. The summed E-state index contributed by atoms with van der Waals surface area (Å²) in [6.45, 7) is 3.58. The van der Waals surface area contributed by atoms with Crippen molar-refractivity contribution in [2.24, 2.45) is 5.73 Å². The molecular weight excluding hydrogens is 280 g/mol. The first kappa shape index (κ1) is 20.9. The van der Waals surface area contributed by atoms with Crippen molar-refractivity contribution in [3.63, 3.8) is 0 Å². The van der Waals surface area contributed by atoms with Gasteiger partial charge in [-0.25, -0.2) is 0 Å². The lowest BCUT2D eigenvalue weighted by Gasteiger charge is -2.24. The van der Waals surface area contributed by atoms with E-state index in [9.17, 15) is 9.59 Å². The van der Waals surface area contributed by atoms with Crippen LogP contribution in [0.1, 0.15) is 38.5 Å². The summed E-state index contributed by atoms with van der Waals surface area (Å²) in [6.07, 6.45) is 4.29. The van der Waals surface area contributed by atoms with Crippen molar-refractivity contribution in [3.05, 3.63) is 0 Å². The SMILES string of the molecule is CN(C)CCCN(CCCN(C)C)C(=O)CCCCC(N)=O. The first-order valence-corrected chi connectivity index (χ1v) is 8.18. The number of rotatable bonds is 13. The molecule has 0 aliphatic heterocycles. The maximum atomic E-state index is 12.3. The minimum absolute atomic E-state index is 0.196. The fourth-order valence-corrected chi connectivity index (χ4v) is 2.25. The molecule has 0 spiro atoms. The Morgan fingerprint density at radius 2 is 1.18 bits per heavy atom. The summed E-state index contributed by atoms with van der Waals surface area (Å²) in [6, 6.07) is 0. The van der Waals surface area contributed by atoms with Gasteiger partial charge in [0.1, 0.15) is 0 Å². The number of carbonyl (C=O) groups is 2. The largest absolute Gasteiger partial charge is 0.370 e. The smallest absolute Gasteiger partial charge is 0.222 e. The molecule has 6 nitrogen and oxygen atoms in total. The first-order valence-electron chi connectivity index (χ1n) is 8.18. The second kappa shape index (κ2) is 12.4. The minimum Gasteiger partial charge on any atom is -0.370 e. The highest BCUT2D eigenvalue weighted by atomic mass is 16.2. The van der Waals surface area contributed by atoms with Crippen LogP contribution < -0.4 is 5.73 Å². The quantitative estimate of drug-likeness (QED) is 0.510. The monoisotopic (exact) mass is 314 g/mol. The molecule has 0 aliphatic rings. The van der Waals surface area contributed by atoms with Crippen LogP contribution in [0.15, 0.2) is 0 Å². The molecule has 0 aromatic heterocycles. The third kappa shape index (κ3) is 12.6. The molecule has 0 aromatic carbocycles. The summed E-state index contributed by atoms with van der Waals surface area (Å²) in [5.41, 5.74) is 5.11. The van der Waals surface area contributed by atoms with E-state index in [0.29, 0.717) is 19.3 Å². The van der Waals surface area contributed by atoms with Crippen molar-refractivity contribution in [1.29, 1.82) is 0 Å².